The fourth-order valence-corrected chi connectivity index (χ4v) is 2.78. The number of hydrogen-bond donors (Lipinski definition) is 1. The molecule has 0 bridgehead atoms. The van der Waals surface area contributed by atoms with E-state index in [-0.39, 0.29) is 12.3 Å². The van der Waals surface area contributed by atoms with Gasteiger partial charge in [0, 0.05) is 11.6 Å². The molecule has 1 N–H and O–H groups in total. The molecule has 0 radical (unpaired) electrons. The summed E-state index contributed by atoms with van der Waals surface area (Å²) in [5, 5.41) is 2.34. The molecule has 2 rings (SSSR count). The van der Waals surface area contributed by atoms with Crippen LogP contribution >= 0.6 is 11.6 Å². The topological polar surface area (TPSA) is 49.4 Å². The van der Waals surface area contributed by atoms with E-state index >= 15 is 0 Å². The zero-order chi connectivity index (χ0) is 17.0. The first-order valence-electron chi connectivity index (χ1n) is 7.14. The lowest BCUT2D eigenvalue weighted by Crippen LogP contribution is -2.48. The van der Waals surface area contributed by atoms with E-state index in [9.17, 15) is 22.8 Å². The van der Waals surface area contributed by atoms with Crippen molar-refractivity contribution < 1.29 is 22.8 Å². The van der Waals surface area contributed by atoms with E-state index in [1.807, 2.05) is 5.32 Å². The molecule has 8 heteroatoms. The SMILES string of the molecule is O=C(NCC(F)(F)F)C1CCCN1C(=O)Cc1cccc(Cl)c1. The van der Waals surface area contributed by atoms with Gasteiger partial charge in [0.15, 0.2) is 0 Å². The number of likely N-dealkylation sites (tertiary alicyclic amines) is 1. The van der Waals surface area contributed by atoms with Crippen molar-refractivity contribution in [2.45, 2.75) is 31.5 Å². The summed E-state index contributed by atoms with van der Waals surface area (Å²) in [5.74, 6) is -1.06. The van der Waals surface area contributed by atoms with Gasteiger partial charge in [-0.05, 0) is 30.5 Å². The second-order valence-electron chi connectivity index (χ2n) is 5.38. The molecule has 1 aromatic rings. The predicted octanol–water partition coefficient (Wildman–Crippen LogP) is 2.55. The van der Waals surface area contributed by atoms with E-state index in [1.165, 1.54) is 4.90 Å². The Hall–Kier alpha value is -1.76. The van der Waals surface area contributed by atoms with Crippen LogP contribution in [0.25, 0.3) is 0 Å². The first-order valence-corrected chi connectivity index (χ1v) is 7.52. The zero-order valence-electron chi connectivity index (χ0n) is 12.2. The molecule has 0 saturated carbocycles. The molecule has 23 heavy (non-hydrogen) atoms. The minimum atomic E-state index is -4.47. The Morgan fingerprint density at radius 1 is 1.35 bits per heavy atom. The third-order valence-corrected chi connectivity index (χ3v) is 3.82. The number of benzene rings is 1. The van der Waals surface area contributed by atoms with Crippen LogP contribution in [-0.4, -0.2) is 42.0 Å². The van der Waals surface area contributed by atoms with Gasteiger partial charge in [0.2, 0.25) is 11.8 Å². The number of alkyl halides is 3. The van der Waals surface area contributed by atoms with Gasteiger partial charge in [-0.2, -0.15) is 13.2 Å². The van der Waals surface area contributed by atoms with E-state index < -0.39 is 24.7 Å². The molecular weight excluding hydrogens is 333 g/mol. The second-order valence-corrected chi connectivity index (χ2v) is 5.82. The van der Waals surface area contributed by atoms with E-state index in [1.54, 1.807) is 24.3 Å². The molecule has 1 aliphatic rings. The van der Waals surface area contributed by atoms with Crippen LogP contribution in [0, 0.1) is 0 Å². The Labute approximate surface area is 136 Å². The van der Waals surface area contributed by atoms with Crippen LogP contribution < -0.4 is 5.32 Å². The molecule has 0 spiro atoms. The summed E-state index contributed by atoms with van der Waals surface area (Å²) < 4.78 is 36.5. The second kappa shape index (κ2) is 7.21. The van der Waals surface area contributed by atoms with Crippen molar-refractivity contribution in [3.05, 3.63) is 34.9 Å². The summed E-state index contributed by atoms with van der Waals surface area (Å²) in [6.45, 7) is -1.03. The van der Waals surface area contributed by atoms with Gasteiger partial charge < -0.3 is 10.2 Å². The third kappa shape index (κ3) is 5.13. The zero-order valence-corrected chi connectivity index (χ0v) is 13.0. The van der Waals surface area contributed by atoms with E-state index in [4.69, 9.17) is 11.6 Å². The van der Waals surface area contributed by atoms with Gasteiger partial charge in [0.05, 0.1) is 6.42 Å². The molecule has 1 unspecified atom stereocenters. The molecule has 4 nitrogen and oxygen atoms in total. The summed E-state index contributed by atoms with van der Waals surface area (Å²) in [5.41, 5.74) is 0.698. The Bertz CT molecular complexity index is 592. The van der Waals surface area contributed by atoms with Crippen LogP contribution in [0.1, 0.15) is 18.4 Å². The van der Waals surface area contributed by atoms with Crippen LogP contribution in [0.4, 0.5) is 13.2 Å². The number of carbonyl (C=O) groups is 2. The Morgan fingerprint density at radius 2 is 2.09 bits per heavy atom. The molecule has 1 atom stereocenters. The summed E-state index contributed by atoms with van der Waals surface area (Å²) in [4.78, 5) is 25.5. The molecule has 1 aliphatic heterocycles. The smallest absolute Gasteiger partial charge is 0.345 e. The van der Waals surface area contributed by atoms with Gasteiger partial charge in [-0.3, -0.25) is 9.59 Å². The fourth-order valence-electron chi connectivity index (χ4n) is 2.57. The van der Waals surface area contributed by atoms with Crippen LogP contribution in [0.15, 0.2) is 24.3 Å². The van der Waals surface area contributed by atoms with Crippen LogP contribution in [0.5, 0.6) is 0 Å². The number of nitrogens with one attached hydrogen (secondary N) is 1. The van der Waals surface area contributed by atoms with Gasteiger partial charge in [-0.25, -0.2) is 0 Å². The van der Waals surface area contributed by atoms with Crippen molar-refractivity contribution in [1.82, 2.24) is 10.2 Å². The highest BCUT2D eigenvalue weighted by Crippen LogP contribution is 2.20. The minimum absolute atomic E-state index is 0.0591. The van der Waals surface area contributed by atoms with Gasteiger partial charge in [0.1, 0.15) is 12.6 Å². The van der Waals surface area contributed by atoms with Crippen molar-refractivity contribution in [3.63, 3.8) is 0 Å². The normalized spacial score (nSPS) is 18.1. The number of nitrogens with zero attached hydrogens (tertiary/aromatic N) is 1. The summed E-state index contributed by atoms with van der Waals surface area (Å²) in [6.07, 6.45) is -3.45. The summed E-state index contributed by atoms with van der Waals surface area (Å²) in [7, 11) is 0. The lowest BCUT2D eigenvalue weighted by molar-refractivity contribution is -0.144. The molecular formula is C15H16ClF3N2O2. The van der Waals surface area contributed by atoms with Crippen molar-refractivity contribution in [1.29, 1.82) is 0 Å². The maximum absolute atomic E-state index is 12.3. The first-order chi connectivity index (χ1) is 10.8. The molecule has 126 valence electrons. The van der Waals surface area contributed by atoms with E-state index in [0.29, 0.717) is 30.0 Å². The molecule has 1 heterocycles. The Morgan fingerprint density at radius 3 is 2.74 bits per heavy atom. The predicted molar refractivity (Wildman–Crippen MR) is 79.0 cm³/mol. The average molecular weight is 349 g/mol. The number of carbonyl (C=O) groups excluding carboxylic acids is 2. The van der Waals surface area contributed by atoms with Crippen molar-refractivity contribution in [2.75, 3.05) is 13.1 Å². The lowest BCUT2D eigenvalue weighted by atomic mass is 10.1. The number of hydrogen-bond acceptors (Lipinski definition) is 2. The number of halogens is 4. The van der Waals surface area contributed by atoms with Crippen molar-refractivity contribution in [2.24, 2.45) is 0 Å². The first kappa shape index (κ1) is 17.6. The van der Waals surface area contributed by atoms with Gasteiger partial charge in [0.25, 0.3) is 0 Å². The van der Waals surface area contributed by atoms with E-state index in [0.717, 1.165) is 0 Å². The number of rotatable bonds is 4. The minimum Gasteiger partial charge on any atom is -0.345 e. The molecule has 0 aromatic heterocycles. The Balaban J connectivity index is 1.97. The van der Waals surface area contributed by atoms with E-state index in [2.05, 4.69) is 0 Å². The lowest BCUT2D eigenvalue weighted by Gasteiger charge is -2.24. The molecule has 1 saturated heterocycles. The van der Waals surface area contributed by atoms with Crippen LogP contribution in [0.2, 0.25) is 5.02 Å². The average Bonchev–Trinajstić information content (AvgIpc) is 2.93. The monoisotopic (exact) mass is 348 g/mol. The van der Waals surface area contributed by atoms with Crippen molar-refractivity contribution >= 4 is 23.4 Å². The van der Waals surface area contributed by atoms with Gasteiger partial charge in [-0.15, -0.1) is 0 Å². The van der Waals surface area contributed by atoms with Gasteiger partial charge >= 0.3 is 6.18 Å². The molecule has 1 aromatic carbocycles. The largest absolute Gasteiger partial charge is 0.405 e. The highest BCUT2D eigenvalue weighted by Gasteiger charge is 2.36. The van der Waals surface area contributed by atoms with Crippen LogP contribution in [-0.2, 0) is 16.0 Å². The number of amides is 2. The summed E-state index contributed by atoms with van der Waals surface area (Å²) in [6, 6.07) is 5.93. The van der Waals surface area contributed by atoms with Crippen LogP contribution in [0.3, 0.4) is 0 Å². The molecule has 0 aliphatic carbocycles. The highest BCUT2D eigenvalue weighted by atomic mass is 35.5. The third-order valence-electron chi connectivity index (χ3n) is 3.58. The van der Waals surface area contributed by atoms with Crippen molar-refractivity contribution in [3.8, 4) is 0 Å². The molecule has 1 fully saturated rings. The maximum Gasteiger partial charge on any atom is 0.405 e. The molecule has 2 amide bonds. The summed E-state index contributed by atoms with van der Waals surface area (Å²) >= 11 is 5.86. The standard InChI is InChI=1S/C15H16ClF3N2O2/c16-11-4-1-3-10(7-11)8-13(22)21-6-2-5-12(21)14(23)20-9-15(17,18)19/h1,3-4,7,12H,2,5-6,8-9H2,(H,20,23). The van der Waals surface area contributed by atoms with Gasteiger partial charge in [-0.1, -0.05) is 23.7 Å². The fraction of sp³-hybridized carbons (Fsp3) is 0.467. The quantitative estimate of drug-likeness (QED) is 0.909. The maximum atomic E-state index is 12.3. The Kier molecular flexibility index (Phi) is 5.51. The highest BCUT2D eigenvalue weighted by molar-refractivity contribution is 6.30.